The Kier molecular flexibility index (Phi) is 6.62. The van der Waals surface area contributed by atoms with E-state index in [1.165, 1.54) is 4.88 Å². The molecule has 1 amide bonds. The van der Waals surface area contributed by atoms with Crippen LogP contribution in [0, 0.1) is 0 Å². The Labute approximate surface area is 149 Å². The number of likely N-dealkylation sites (N-methyl/N-ethyl adjacent to an activating group) is 1. The van der Waals surface area contributed by atoms with Gasteiger partial charge in [0, 0.05) is 21.3 Å². The van der Waals surface area contributed by atoms with Crippen LogP contribution in [-0.2, 0) is 11.3 Å². The van der Waals surface area contributed by atoms with Gasteiger partial charge in [-0.2, -0.15) is 0 Å². The number of amides is 1. The molecular formula is C17H21BrN2O2S. The number of hydrogen-bond acceptors (Lipinski definition) is 4. The maximum absolute atomic E-state index is 12.5. The first-order valence-corrected chi connectivity index (χ1v) is 9.14. The molecule has 1 N–H and O–H groups in total. The largest absolute Gasteiger partial charge is 0.492 e. The molecule has 4 nitrogen and oxygen atoms in total. The molecule has 1 aromatic heterocycles. The Bertz CT molecular complexity index is 660. The number of nitrogens with one attached hydrogen (secondary N) is 1. The quantitative estimate of drug-likeness (QED) is 0.755. The molecule has 1 heterocycles. The average Bonchev–Trinajstić information content (AvgIpc) is 2.93. The zero-order chi connectivity index (χ0) is 16.8. The maximum Gasteiger partial charge on any atom is 0.241 e. The van der Waals surface area contributed by atoms with Gasteiger partial charge in [0.1, 0.15) is 5.75 Å². The minimum absolute atomic E-state index is 0.0460. The second-order valence-electron chi connectivity index (χ2n) is 5.24. The fourth-order valence-corrected chi connectivity index (χ4v) is 3.62. The van der Waals surface area contributed by atoms with Crippen LogP contribution in [0.5, 0.6) is 5.75 Å². The van der Waals surface area contributed by atoms with Gasteiger partial charge in [0.2, 0.25) is 5.91 Å². The molecule has 124 valence electrons. The number of para-hydroxylation sites is 2. The van der Waals surface area contributed by atoms with Crippen molar-refractivity contribution in [1.82, 2.24) is 4.90 Å². The number of nitrogens with zero attached hydrogens (tertiary/aromatic N) is 1. The molecule has 2 aromatic rings. The van der Waals surface area contributed by atoms with E-state index in [0.717, 1.165) is 11.0 Å². The number of hydrogen-bond donors (Lipinski definition) is 1. The lowest BCUT2D eigenvalue weighted by Crippen LogP contribution is -2.39. The van der Waals surface area contributed by atoms with Crippen LogP contribution in [0.2, 0.25) is 0 Å². The van der Waals surface area contributed by atoms with Gasteiger partial charge in [-0.25, -0.2) is 0 Å². The van der Waals surface area contributed by atoms with E-state index in [-0.39, 0.29) is 11.9 Å². The summed E-state index contributed by atoms with van der Waals surface area (Å²) in [5, 5.41) is 5.00. The first kappa shape index (κ1) is 18.0. The molecule has 0 saturated carbocycles. The van der Waals surface area contributed by atoms with Crippen LogP contribution in [0.25, 0.3) is 0 Å². The van der Waals surface area contributed by atoms with Gasteiger partial charge < -0.3 is 10.1 Å². The van der Waals surface area contributed by atoms with Gasteiger partial charge in [-0.05, 0) is 55.0 Å². The zero-order valence-corrected chi connectivity index (χ0v) is 15.9. The van der Waals surface area contributed by atoms with Crippen LogP contribution < -0.4 is 10.1 Å². The highest BCUT2D eigenvalue weighted by Crippen LogP contribution is 2.25. The molecule has 2 rings (SSSR count). The molecule has 6 heteroatoms. The van der Waals surface area contributed by atoms with Crippen molar-refractivity contribution in [2.24, 2.45) is 0 Å². The molecule has 0 bridgehead atoms. The summed E-state index contributed by atoms with van der Waals surface area (Å²) in [6.45, 7) is 5.13. The van der Waals surface area contributed by atoms with E-state index in [9.17, 15) is 4.79 Å². The van der Waals surface area contributed by atoms with Crippen molar-refractivity contribution in [1.29, 1.82) is 0 Å². The normalized spacial score (nSPS) is 12.2. The van der Waals surface area contributed by atoms with E-state index >= 15 is 0 Å². The molecule has 1 atom stereocenters. The van der Waals surface area contributed by atoms with Crippen LogP contribution in [0.3, 0.4) is 0 Å². The van der Waals surface area contributed by atoms with Gasteiger partial charge in [0.05, 0.1) is 18.3 Å². The number of carbonyl (C=O) groups is 1. The Hall–Kier alpha value is -1.37. The molecule has 0 unspecified atom stereocenters. The van der Waals surface area contributed by atoms with Crippen molar-refractivity contribution < 1.29 is 9.53 Å². The van der Waals surface area contributed by atoms with Gasteiger partial charge in [-0.3, -0.25) is 9.69 Å². The van der Waals surface area contributed by atoms with Crippen molar-refractivity contribution in [3.63, 3.8) is 0 Å². The third-order valence-electron chi connectivity index (χ3n) is 3.51. The molecule has 0 aliphatic rings. The van der Waals surface area contributed by atoms with Gasteiger partial charge in [0.15, 0.2) is 0 Å². The lowest BCUT2D eigenvalue weighted by Gasteiger charge is -2.23. The smallest absolute Gasteiger partial charge is 0.241 e. The van der Waals surface area contributed by atoms with Gasteiger partial charge in [-0.1, -0.05) is 12.1 Å². The van der Waals surface area contributed by atoms with Crippen LogP contribution in [0.1, 0.15) is 18.7 Å². The van der Waals surface area contributed by atoms with Crippen LogP contribution in [-0.4, -0.2) is 30.5 Å². The summed E-state index contributed by atoms with van der Waals surface area (Å²) in [7, 11) is 1.95. The van der Waals surface area contributed by atoms with Gasteiger partial charge >= 0.3 is 0 Å². The highest BCUT2D eigenvalue weighted by Gasteiger charge is 2.19. The molecule has 0 radical (unpaired) electrons. The second kappa shape index (κ2) is 8.47. The SMILES string of the molecule is CCOc1ccccc1NC(=O)[C@H](C)N(C)Cc1cc(Br)cs1. The van der Waals surface area contributed by atoms with Crippen molar-refractivity contribution in [2.45, 2.75) is 26.4 Å². The van der Waals surface area contributed by atoms with E-state index in [1.54, 1.807) is 11.3 Å². The summed E-state index contributed by atoms with van der Waals surface area (Å²) in [6, 6.07) is 9.32. The third kappa shape index (κ3) is 5.06. The topological polar surface area (TPSA) is 41.6 Å². The minimum Gasteiger partial charge on any atom is -0.492 e. The number of rotatable bonds is 7. The molecule has 1 aromatic carbocycles. The highest BCUT2D eigenvalue weighted by atomic mass is 79.9. The molecule has 0 fully saturated rings. The fourth-order valence-electron chi connectivity index (χ4n) is 2.11. The third-order valence-corrected chi connectivity index (χ3v) is 5.19. The molecule has 0 aliphatic heterocycles. The van der Waals surface area contributed by atoms with Crippen LogP contribution in [0.4, 0.5) is 5.69 Å². The minimum atomic E-state index is -0.245. The second-order valence-corrected chi connectivity index (χ2v) is 7.15. The van der Waals surface area contributed by atoms with Crippen molar-refractivity contribution >= 4 is 38.9 Å². The first-order valence-electron chi connectivity index (χ1n) is 7.47. The lowest BCUT2D eigenvalue weighted by molar-refractivity contribution is -0.120. The van der Waals surface area contributed by atoms with E-state index < -0.39 is 0 Å². The summed E-state index contributed by atoms with van der Waals surface area (Å²) >= 11 is 5.13. The standard InChI is InChI=1S/C17H21BrN2O2S/c1-4-22-16-8-6-5-7-15(16)19-17(21)12(2)20(3)10-14-9-13(18)11-23-14/h5-9,11-12H,4,10H2,1-3H3,(H,19,21)/t12-/m0/s1. The van der Waals surface area contributed by atoms with Crippen LogP contribution in [0.15, 0.2) is 40.2 Å². The Morgan fingerprint density at radius 1 is 1.43 bits per heavy atom. The molecular weight excluding hydrogens is 376 g/mol. The van der Waals surface area contributed by atoms with E-state index in [2.05, 4.69) is 27.3 Å². The van der Waals surface area contributed by atoms with E-state index in [4.69, 9.17) is 4.74 Å². The monoisotopic (exact) mass is 396 g/mol. The summed E-state index contributed by atoms with van der Waals surface area (Å²) in [6.07, 6.45) is 0. The predicted octanol–water partition coefficient (Wildman–Crippen LogP) is 4.37. The lowest BCUT2D eigenvalue weighted by atomic mass is 10.2. The molecule has 0 spiro atoms. The zero-order valence-electron chi connectivity index (χ0n) is 13.5. The Balaban J connectivity index is 1.99. The number of ether oxygens (including phenoxy) is 1. The predicted molar refractivity (Wildman–Crippen MR) is 99.2 cm³/mol. The van der Waals surface area contributed by atoms with E-state index in [0.29, 0.717) is 18.0 Å². The van der Waals surface area contributed by atoms with Gasteiger partial charge in [-0.15, -0.1) is 11.3 Å². The number of carbonyl (C=O) groups excluding carboxylic acids is 1. The first-order chi connectivity index (χ1) is 11.0. The van der Waals surface area contributed by atoms with Crippen LogP contribution >= 0.6 is 27.3 Å². The summed E-state index contributed by atoms with van der Waals surface area (Å²) < 4.78 is 6.62. The number of benzene rings is 1. The molecule has 0 aliphatic carbocycles. The Morgan fingerprint density at radius 3 is 2.83 bits per heavy atom. The maximum atomic E-state index is 12.5. The van der Waals surface area contributed by atoms with E-state index in [1.807, 2.05) is 55.4 Å². The summed E-state index contributed by atoms with van der Waals surface area (Å²) in [5.41, 5.74) is 0.707. The highest BCUT2D eigenvalue weighted by molar-refractivity contribution is 9.10. The summed E-state index contributed by atoms with van der Waals surface area (Å²) in [5.74, 6) is 0.649. The fraction of sp³-hybridized carbons (Fsp3) is 0.353. The van der Waals surface area contributed by atoms with Crippen molar-refractivity contribution in [3.8, 4) is 5.75 Å². The average molecular weight is 397 g/mol. The van der Waals surface area contributed by atoms with Gasteiger partial charge in [0.25, 0.3) is 0 Å². The van der Waals surface area contributed by atoms with Crippen molar-refractivity contribution in [2.75, 3.05) is 19.0 Å². The Morgan fingerprint density at radius 2 is 2.17 bits per heavy atom. The number of halogens is 1. The summed E-state index contributed by atoms with van der Waals surface area (Å²) in [4.78, 5) is 15.7. The number of anilines is 1. The number of thiophene rings is 1. The molecule has 0 saturated heterocycles. The molecule has 23 heavy (non-hydrogen) atoms. The van der Waals surface area contributed by atoms with Crippen molar-refractivity contribution in [3.05, 3.63) is 45.1 Å².